The first-order chi connectivity index (χ1) is 12.5. The van der Waals surface area contributed by atoms with Gasteiger partial charge < -0.3 is 10.6 Å². The van der Waals surface area contributed by atoms with Crippen molar-refractivity contribution in [3.05, 3.63) is 54.1 Å². The molecule has 0 bridgehead atoms. The third kappa shape index (κ3) is 6.19. The summed E-state index contributed by atoms with van der Waals surface area (Å²) in [6.45, 7) is 6.65. The van der Waals surface area contributed by atoms with Crippen molar-refractivity contribution in [1.29, 1.82) is 0 Å². The van der Waals surface area contributed by atoms with Gasteiger partial charge in [0, 0.05) is 29.4 Å². The first kappa shape index (κ1) is 20.6. The van der Waals surface area contributed by atoms with Gasteiger partial charge in [-0.3, -0.25) is 9.59 Å². The lowest BCUT2D eigenvalue weighted by Gasteiger charge is -2.20. The lowest BCUT2D eigenvalue weighted by molar-refractivity contribution is -0.114. The van der Waals surface area contributed by atoms with Gasteiger partial charge in [0.15, 0.2) is 0 Å². The Morgan fingerprint density at radius 2 is 1.52 bits per heavy atom. The molecule has 0 unspecified atom stereocenters. The van der Waals surface area contributed by atoms with Gasteiger partial charge in [-0.15, -0.1) is 0 Å². The molecule has 0 saturated heterocycles. The average Bonchev–Trinajstić information content (AvgIpc) is 2.53. The lowest BCUT2D eigenvalue weighted by Crippen LogP contribution is -2.40. The van der Waals surface area contributed by atoms with E-state index < -0.39 is 15.6 Å². The van der Waals surface area contributed by atoms with Crippen molar-refractivity contribution >= 4 is 33.2 Å². The van der Waals surface area contributed by atoms with Crippen LogP contribution < -0.4 is 15.4 Å². The maximum atomic E-state index is 12.4. The molecule has 2 aromatic rings. The molecule has 0 aliphatic carbocycles. The fourth-order valence-electron chi connectivity index (χ4n) is 2.31. The van der Waals surface area contributed by atoms with E-state index in [1.165, 1.54) is 19.1 Å². The molecule has 0 aliphatic rings. The van der Waals surface area contributed by atoms with E-state index in [1.807, 2.05) is 0 Å². The summed E-state index contributed by atoms with van der Waals surface area (Å²) >= 11 is 0. The van der Waals surface area contributed by atoms with Crippen LogP contribution in [0.15, 0.2) is 53.4 Å². The lowest BCUT2D eigenvalue weighted by atomic mass is 10.1. The number of sulfonamides is 1. The molecule has 0 spiro atoms. The minimum Gasteiger partial charge on any atom is -0.326 e. The van der Waals surface area contributed by atoms with E-state index in [0.29, 0.717) is 16.9 Å². The van der Waals surface area contributed by atoms with Crippen LogP contribution in [0.3, 0.4) is 0 Å². The van der Waals surface area contributed by atoms with Crippen LogP contribution in [0.1, 0.15) is 38.1 Å². The van der Waals surface area contributed by atoms with Gasteiger partial charge in [0.1, 0.15) is 0 Å². The molecule has 0 atom stereocenters. The second kappa shape index (κ2) is 7.89. The van der Waals surface area contributed by atoms with Crippen LogP contribution in [0.25, 0.3) is 0 Å². The number of hydrogen-bond donors (Lipinski definition) is 3. The summed E-state index contributed by atoms with van der Waals surface area (Å²) in [6, 6.07) is 12.4. The minimum atomic E-state index is -3.70. The summed E-state index contributed by atoms with van der Waals surface area (Å²) in [6.07, 6.45) is 0. The summed E-state index contributed by atoms with van der Waals surface area (Å²) in [4.78, 5) is 23.5. The first-order valence-corrected chi connectivity index (χ1v) is 9.78. The monoisotopic (exact) mass is 389 g/mol. The molecule has 0 aliphatic heterocycles. The van der Waals surface area contributed by atoms with Crippen molar-refractivity contribution in [2.45, 2.75) is 38.1 Å². The Bertz CT molecular complexity index is 946. The van der Waals surface area contributed by atoms with E-state index in [9.17, 15) is 18.0 Å². The molecule has 144 valence electrons. The number of rotatable bonds is 5. The van der Waals surface area contributed by atoms with Crippen LogP contribution in [-0.4, -0.2) is 25.8 Å². The van der Waals surface area contributed by atoms with Crippen LogP contribution in [0.5, 0.6) is 0 Å². The zero-order valence-corrected chi connectivity index (χ0v) is 16.5. The fourth-order valence-corrected chi connectivity index (χ4v) is 3.78. The van der Waals surface area contributed by atoms with Crippen molar-refractivity contribution in [3.63, 3.8) is 0 Å². The molecular weight excluding hydrogens is 366 g/mol. The maximum absolute atomic E-state index is 12.4. The molecule has 0 heterocycles. The predicted molar refractivity (Wildman–Crippen MR) is 105 cm³/mol. The predicted octanol–water partition coefficient (Wildman–Crippen LogP) is 2.97. The van der Waals surface area contributed by atoms with E-state index >= 15 is 0 Å². The van der Waals surface area contributed by atoms with Gasteiger partial charge in [-0.05, 0) is 63.2 Å². The van der Waals surface area contributed by atoms with E-state index in [1.54, 1.807) is 57.2 Å². The molecule has 2 aromatic carbocycles. The second-order valence-electron chi connectivity index (χ2n) is 7.10. The SMILES string of the molecule is CC(=O)Nc1ccc(C(=O)Nc2cccc(S(=O)(=O)NC(C)(C)C)c2)cc1. The molecule has 3 N–H and O–H groups in total. The molecule has 27 heavy (non-hydrogen) atoms. The van der Waals surface area contributed by atoms with Crippen molar-refractivity contribution in [2.24, 2.45) is 0 Å². The molecule has 7 nitrogen and oxygen atoms in total. The Hall–Kier alpha value is -2.71. The highest BCUT2D eigenvalue weighted by molar-refractivity contribution is 7.89. The highest BCUT2D eigenvalue weighted by atomic mass is 32.2. The Kier molecular flexibility index (Phi) is 6.02. The van der Waals surface area contributed by atoms with Gasteiger partial charge in [-0.2, -0.15) is 0 Å². The third-order valence-corrected chi connectivity index (χ3v) is 5.07. The number of carbonyl (C=O) groups excluding carboxylic acids is 2. The quantitative estimate of drug-likeness (QED) is 0.731. The summed E-state index contributed by atoms with van der Waals surface area (Å²) < 4.78 is 27.4. The zero-order chi connectivity index (χ0) is 20.2. The van der Waals surface area contributed by atoms with Gasteiger partial charge in [-0.1, -0.05) is 6.07 Å². The highest BCUT2D eigenvalue weighted by Gasteiger charge is 2.22. The third-order valence-electron chi connectivity index (χ3n) is 3.31. The summed E-state index contributed by atoms with van der Waals surface area (Å²) in [7, 11) is -3.70. The van der Waals surface area contributed by atoms with Crippen molar-refractivity contribution < 1.29 is 18.0 Å². The van der Waals surface area contributed by atoms with Crippen LogP contribution in [0.2, 0.25) is 0 Å². The maximum Gasteiger partial charge on any atom is 0.255 e. The number of carbonyl (C=O) groups is 2. The van der Waals surface area contributed by atoms with Gasteiger partial charge in [0.25, 0.3) is 5.91 Å². The largest absolute Gasteiger partial charge is 0.326 e. The Labute approximate surface area is 159 Å². The zero-order valence-electron chi connectivity index (χ0n) is 15.7. The number of amides is 2. The van der Waals surface area contributed by atoms with Crippen molar-refractivity contribution in [3.8, 4) is 0 Å². The van der Waals surface area contributed by atoms with Gasteiger partial charge in [-0.25, -0.2) is 13.1 Å². The molecule has 2 amide bonds. The summed E-state index contributed by atoms with van der Waals surface area (Å²) in [5.74, 6) is -0.586. The number of hydrogen-bond acceptors (Lipinski definition) is 4. The van der Waals surface area contributed by atoms with Crippen LogP contribution in [0, 0.1) is 0 Å². The molecule has 8 heteroatoms. The number of anilines is 2. The highest BCUT2D eigenvalue weighted by Crippen LogP contribution is 2.18. The molecule has 0 radical (unpaired) electrons. The summed E-state index contributed by atoms with van der Waals surface area (Å²) in [5, 5.41) is 5.29. The molecule has 0 fully saturated rings. The Morgan fingerprint density at radius 3 is 2.07 bits per heavy atom. The van der Waals surface area contributed by atoms with E-state index in [2.05, 4.69) is 15.4 Å². The van der Waals surface area contributed by atoms with Crippen LogP contribution in [-0.2, 0) is 14.8 Å². The van der Waals surface area contributed by atoms with Crippen LogP contribution >= 0.6 is 0 Å². The van der Waals surface area contributed by atoms with E-state index in [0.717, 1.165) is 0 Å². The second-order valence-corrected chi connectivity index (χ2v) is 8.78. The summed E-state index contributed by atoms with van der Waals surface area (Å²) in [5.41, 5.74) is 0.710. The molecule has 0 aromatic heterocycles. The van der Waals surface area contributed by atoms with Crippen LogP contribution in [0.4, 0.5) is 11.4 Å². The normalized spacial score (nSPS) is 11.7. The first-order valence-electron chi connectivity index (χ1n) is 8.29. The Balaban J connectivity index is 2.16. The smallest absolute Gasteiger partial charge is 0.255 e. The minimum absolute atomic E-state index is 0.0660. The van der Waals surface area contributed by atoms with Crippen molar-refractivity contribution in [1.82, 2.24) is 4.72 Å². The standard InChI is InChI=1S/C19H23N3O4S/c1-13(23)20-15-10-8-14(9-11-15)18(24)21-16-6-5-7-17(12-16)27(25,26)22-19(2,3)4/h5-12,22H,1-4H3,(H,20,23)(H,21,24). The fraction of sp³-hybridized carbons (Fsp3) is 0.263. The van der Waals surface area contributed by atoms with E-state index in [-0.39, 0.29) is 16.7 Å². The number of nitrogens with one attached hydrogen (secondary N) is 3. The molecule has 0 saturated carbocycles. The Morgan fingerprint density at radius 1 is 0.889 bits per heavy atom. The van der Waals surface area contributed by atoms with E-state index in [4.69, 9.17) is 0 Å². The molecular formula is C19H23N3O4S. The average molecular weight is 389 g/mol. The van der Waals surface area contributed by atoms with Gasteiger partial charge in [0.05, 0.1) is 4.90 Å². The molecule has 2 rings (SSSR count). The topological polar surface area (TPSA) is 104 Å². The van der Waals surface area contributed by atoms with Gasteiger partial charge >= 0.3 is 0 Å². The van der Waals surface area contributed by atoms with Gasteiger partial charge in [0.2, 0.25) is 15.9 Å². The number of benzene rings is 2. The van der Waals surface area contributed by atoms with Crippen molar-refractivity contribution in [2.75, 3.05) is 10.6 Å².